The standard InChI is InChI=1S/C19H22N2O4S/c1-19(2)12-16(15-9-4-5-10-17(15)25-19)20-18(22)13-7-6-8-14(11-13)21-26(3,23)24/h4-11,16,21H,12H2,1-3H3,(H,20,22)/t16-/m0/s1. The van der Waals surface area contributed by atoms with Crippen molar-refractivity contribution in [1.82, 2.24) is 5.32 Å². The topological polar surface area (TPSA) is 84.5 Å². The molecule has 7 heteroatoms. The van der Waals surface area contributed by atoms with Crippen molar-refractivity contribution in [2.24, 2.45) is 0 Å². The third kappa shape index (κ3) is 4.35. The summed E-state index contributed by atoms with van der Waals surface area (Å²) < 4.78 is 31.1. The summed E-state index contributed by atoms with van der Waals surface area (Å²) >= 11 is 0. The number of amides is 1. The number of sulfonamides is 1. The fraction of sp³-hybridized carbons (Fsp3) is 0.316. The number of carbonyl (C=O) groups excluding carboxylic acids is 1. The van der Waals surface area contributed by atoms with Gasteiger partial charge >= 0.3 is 0 Å². The maximum absolute atomic E-state index is 12.7. The van der Waals surface area contributed by atoms with Crippen molar-refractivity contribution in [3.05, 3.63) is 59.7 Å². The third-order valence-corrected chi connectivity index (χ3v) is 4.72. The van der Waals surface area contributed by atoms with Gasteiger partial charge in [0.05, 0.1) is 12.3 Å². The summed E-state index contributed by atoms with van der Waals surface area (Å²) in [5.41, 5.74) is 1.28. The number of carbonyl (C=O) groups is 1. The van der Waals surface area contributed by atoms with Crippen LogP contribution in [0.25, 0.3) is 0 Å². The van der Waals surface area contributed by atoms with E-state index in [4.69, 9.17) is 4.74 Å². The first-order valence-corrected chi connectivity index (χ1v) is 10.2. The number of hydrogen-bond acceptors (Lipinski definition) is 4. The second-order valence-electron chi connectivity index (χ2n) is 7.08. The zero-order chi connectivity index (χ0) is 18.9. The van der Waals surface area contributed by atoms with Crippen molar-refractivity contribution in [3.63, 3.8) is 0 Å². The SMILES string of the molecule is CC1(C)C[C@H](NC(=O)c2cccc(NS(C)(=O)=O)c2)c2ccccc2O1. The number of hydrogen-bond donors (Lipinski definition) is 2. The average Bonchev–Trinajstić information content (AvgIpc) is 2.52. The molecule has 0 radical (unpaired) electrons. The molecule has 0 saturated carbocycles. The summed E-state index contributed by atoms with van der Waals surface area (Å²) in [6.45, 7) is 3.97. The summed E-state index contributed by atoms with van der Waals surface area (Å²) in [5.74, 6) is 0.501. The average molecular weight is 374 g/mol. The maximum Gasteiger partial charge on any atom is 0.251 e. The number of ether oxygens (including phenoxy) is 1. The number of nitrogens with one attached hydrogen (secondary N) is 2. The quantitative estimate of drug-likeness (QED) is 0.861. The maximum atomic E-state index is 12.7. The second-order valence-corrected chi connectivity index (χ2v) is 8.83. The molecule has 2 N–H and O–H groups in total. The number of rotatable bonds is 4. The highest BCUT2D eigenvalue weighted by Crippen LogP contribution is 2.39. The van der Waals surface area contributed by atoms with Crippen LogP contribution in [-0.4, -0.2) is 26.2 Å². The minimum absolute atomic E-state index is 0.186. The Bertz CT molecular complexity index is 938. The predicted octanol–water partition coefficient (Wildman–Crippen LogP) is 3.09. The number of para-hydroxylation sites is 1. The molecule has 1 aliphatic rings. The lowest BCUT2D eigenvalue weighted by Gasteiger charge is -2.37. The lowest BCUT2D eigenvalue weighted by atomic mass is 9.89. The molecular weight excluding hydrogens is 352 g/mol. The van der Waals surface area contributed by atoms with Crippen LogP contribution in [0, 0.1) is 0 Å². The Morgan fingerprint density at radius 1 is 1.15 bits per heavy atom. The van der Waals surface area contributed by atoms with E-state index in [1.165, 1.54) is 6.07 Å². The van der Waals surface area contributed by atoms with Gasteiger partial charge in [0.2, 0.25) is 10.0 Å². The first-order chi connectivity index (χ1) is 12.1. The van der Waals surface area contributed by atoms with Gasteiger partial charge in [0.25, 0.3) is 5.91 Å². The van der Waals surface area contributed by atoms with Gasteiger partial charge < -0.3 is 10.1 Å². The Morgan fingerprint density at radius 3 is 2.62 bits per heavy atom. The molecule has 0 aromatic heterocycles. The number of fused-ring (bicyclic) bond motifs is 1. The fourth-order valence-electron chi connectivity index (χ4n) is 3.11. The summed E-state index contributed by atoms with van der Waals surface area (Å²) in [5, 5.41) is 3.04. The van der Waals surface area contributed by atoms with Gasteiger partial charge in [-0.2, -0.15) is 0 Å². The molecule has 0 aliphatic carbocycles. The molecule has 1 atom stereocenters. The smallest absolute Gasteiger partial charge is 0.251 e. The van der Waals surface area contributed by atoms with Crippen LogP contribution in [0.3, 0.4) is 0 Å². The van der Waals surface area contributed by atoms with Crippen molar-refractivity contribution < 1.29 is 17.9 Å². The predicted molar refractivity (Wildman–Crippen MR) is 101 cm³/mol. The zero-order valence-corrected chi connectivity index (χ0v) is 15.8. The molecule has 0 spiro atoms. The van der Waals surface area contributed by atoms with Crippen LogP contribution in [-0.2, 0) is 10.0 Å². The Balaban J connectivity index is 1.83. The van der Waals surface area contributed by atoms with Crippen molar-refractivity contribution in [2.75, 3.05) is 11.0 Å². The number of benzene rings is 2. The fourth-order valence-corrected chi connectivity index (χ4v) is 3.67. The second kappa shape index (κ2) is 6.64. The summed E-state index contributed by atoms with van der Waals surface area (Å²) in [7, 11) is -3.40. The molecule has 2 aromatic rings. The van der Waals surface area contributed by atoms with E-state index in [9.17, 15) is 13.2 Å². The highest BCUT2D eigenvalue weighted by Gasteiger charge is 2.34. The molecule has 1 heterocycles. The Labute approximate surface area is 153 Å². The van der Waals surface area contributed by atoms with Crippen molar-refractivity contribution in [2.45, 2.75) is 31.9 Å². The van der Waals surface area contributed by atoms with Crippen molar-refractivity contribution >= 4 is 21.6 Å². The highest BCUT2D eigenvalue weighted by atomic mass is 32.2. The minimum atomic E-state index is -3.40. The van der Waals surface area contributed by atoms with Crippen LogP contribution in [0.1, 0.15) is 42.2 Å². The largest absolute Gasteiger partial charge is 0.487 e. The molecule has 0 saturated heterocycles. The normalized spacial score (nSPS) is 18.3. The van der Waals surface area contributed by atoms with E-state index in [-0.39, 0.29) is 11.9 Å². The molecular formula is C19H22N2O4S. The van der Waals surface area contributed by atoms with Crippen LogP contribution in [0.15, 0.2) is 48.5 Å². The lowest BCUT2D eigenvalue weighted by Crippen LogP contribution is -2.41. The molecule has 26 heavy (non-hydrogen) atoms. The molecule has 0 unspecified atom stereocenters. The van der Waals surface area contributed by atoms with Gasteiger partial charge in [0.1, 0.15) is 11.4 Å². The van der Waals surface area contributed by atoms with Gasteiger partial charge in [-0.25, -0.2) is 8.42 Å². The Kier molecular flexibility index (Phi) is 4.66. The van der Waals surface area contributed by atoms with E-state index < -0.39 is 15.6 Å². The van der Waals surface area contributed by atoms with E-state index >= 15 is 0 Å². The summed E-state index contributed by atoms with van der Waals surface area (Å²) in [6, 6.07) is 13.9. The monoisotopic (exact) mass is 374 g/mol. The van der Waals surface area contributed by atoms with E-state index in [1.807, 2.05) is 38.1 Å². The molecule has 0 bridgehead atoms. The van der Waals surface area contributed by atoms with E-state index in [1.54, 1.807) is 18.2 Å². The number of anilines is 1. The van der Waals surface area contributed by atoms with Gasteiger partial charge in [-0.15, -0.1) is 0 Å². The van der Waals surface area contributed by atoms with Crippen molar-refractivity contribution in [1.29, 1.82) is 0 Å². The van der Waals surface area contributed by atoms with Gasteiger partial charge in [0.15, 0.2) is 0 Å². The Morgan fingerprint density at radius 2 is 1.88 bits per heavy atom. The Hall–Kier alpha value is -2.54. The molecule has 0 fully saturated rings. The third-order valence-electron chi connectivity index (χ3n) is 4.11. The van der Waals surface area contributed by atoms with Gasteiger partial charge in [-0.1, -0.05) is 24.3 Å². The minimum Gasteiger partial charge on any atom is -0.487 e. The molecule has 6 nitrogen and oxygen atoms in total. The van der Waals surface area contributed by atoms with Crippen LogP contribution < -0.4 is 14.8 Å². The zero-order valence-electron chi connectivity index (χ0n) is 14.9. The summed E-state index contributed by atoms with van der Waals surface area (Å²) in [6.07, 6.45) is 1.71. The van der Waals surface area contributed by atoms with Gasteiger partial charge in [-0.05, 0) is 38.1 Å². The van der Waals surface area contributed by atoms with Crippen LogP contribution in [0.2, 0.25) is 0 Å². The van der Waals surface area contributed by atoms with E-state index in [0.29, 0.717) is 17.7 Å². The van der Waals surface area contributed by atoms with Crippen molar-refractivity contribution in [3.8, 4) is 5.75 Å². The van der Waals surface area contributed by atoms with Crippen LogP contribution >= 0.6 is 0 Å². The highest BCUT2D eigenvalue weighted by molar-refractivity contribution is 7.92. The molecule has 1 amide bonds. The van der Waals surface area contributed by atoms with E-state index in [2.05, 4.69) is 10.0 Å². The molecule has 3 rings (SSSR count). The van der Waals surface area contributed by atoms with Gasteiger partial charge in [-0.3, -0.25) is 9.52 Å². The van der Waals surface area contributed by atoms with E-state index in [0.717, 1.165) is 17.6 Å². The molecule has 1 aliphatic heterocycles. The van der Waals surface area contributed by atoms with Crippen LogP contribution in [0.5, 0.6) is 5.75 Å². The van der Waals surface area contributed by atoms with Gasteiger partial charge in [0, 0.05) is 23.2 Å². The molecule has 138 valence electrons. The molecule has 2 aromatic carbocycles. The summed E-state index contributed by atoms with van der Waals surface area (Å²) in [4.78, 5) is 12.7. The first kappa shape index (κ1) is 18.3. The van der Waals surface area contributed by atoms with Crippen LogP contribution in [0.4, 0.5) is 5.69 Å². The lowest BCUT2D eigenvalue weighted by molar-refractivity contribution is 0.0619. The first-order valence-electron chi connectivity index (χ1n) is 8.30.